The highest BCUT2D eigenvalue weighted by molar-refractivity contribution is 7.17. The Hall–Kier alpha value is -2.68. The van der Waals surface area contributed by atoms with Gasteiger partial charge in [-0.3, -0.25) is 10.1 Å². The third-order valence-corrected chi connectivity index (χ3v) is 5.30. The fraction of sp³-hybridized carbons (Fsp3) is 0.222. The highest BCUT2D eigenvalue weighted by Gasteiger charge is 2.15. The first-order chi connectivity index (χ1) is 12.7. The molecule has 0 saturated carbocycles. The molecule has 0 spiro atoms. The molecule has 0 unspecified atom stereocenters. The van der Waals surface area contributed by atoms with Crippen molar-refractivity contribution >= 4 is 22.2 Å². The van der Waals surface area contributed by atoms with Crippen LogP contribution >= 0.6 is 11.3 Å². The molecule has 0 aliphatic rings. The normalized spacial score (nSPS) is 12.6. The van der Waals surface area contributed by atoms with Gasteiger partial charge < -0.3 is 11.5 Å². The number of hydrogen-bond donors (Lipinski definition) is 3. The zero-order valence-electron chi connectivity index (χ0n) is 14.3. The van der Waals surface area contributed by atoms with Crippen molar-refractivity contribution < 1.29 is 0 Å². The lowest BCUT2D eigenvalue weighted by molar-refractivity contribution is 0.668. The maximum atomic E-state index is 6.00. The predicted molar refractivity (Wildman–Crippen MR) is 104 cm³/mol. The minimum absolute atomic E-state index is 0.123. The second-order valence-corrected chi connectivity index (χ2v) is 7.17. The molecule has 0 aliphatic carbocycles. The van der Waals surface area contributed by atoms with Crippen molar-refractivity contribution in [1.82, 2.24) is 25.4 Å². The van der Waals surface area contributed by atoms with Gasteiger partial charge >= 0.3 is 0 Å². The van der Waals surface area contributed by atoms with Crippen LogP contribution in [0.15, 0.2) is 36.5 Å². The van der Waals surface area contributed by atoms with Gasteiger partial charge in [-0.2, -0.15) is 5.10 Å². The van der Waals surface area contributed by atoms with Gasteiger partial charge in [-0.25, -0.2) is 0 Å². The largest absolute Gasteiger partial charge is 0.329 e. The monoisotopic (exact) mass is 365 g/mol. The number of fused-ring (bicyclic) bond motifs is 1. The molecule has 0 aliphatic heterocycles. The van der Waals surface area contributed by atoms with Crippen LogP contribution in [-0.2, 0) is 6.42 Å². The fourth-order valence-corrected chi connectivity index (χ4v) is 3.73. The molecule has 1 atom stereocenters. The van der Waals surface area contributed by atoms with Crippen LogP contribution in [0, 0.1) is 6.92 Å². The van der Waals surface area contributed by atoms with E-state index in [1.54, 1.807) is 17.5 Å². The molecule has 0 saturated heterocycles. The van der Waals surface area contributed by atoms with Crippen molar-refractivity contribution in [2.45, 2.75) is 19.4 Å². The predicted octanol–water partition coefficient (Wildman–Crippen LogP) is 2.28. The summed E-state index contributed by atoms with van der Waals surface area (Å²) in [6.07, 6.45) is 2.38. The average Bonchev–Trinajstić information content (AvgIpc) is 3.29. The van der Waals surface area contributed by atoms with E-state index in [1.807, 2.05) is 31.2 Å². The van der Waals surface area contributed by atoms with E-state index in [0.717, 1.165) is 43.4 Å². The Morgan fingerprint density at radius 1 is 1.19 bits per heavy atom. The summed E-state index contributed by atoms with van der Waals surface area (Å²) in [6.45, 7) is 2.43. The molecule has 0 fully saturated rings. The summed E-state index contributed by atoms with van der Waals surface area (Å²) < 4.78 is 0. The fourth-order valence-electron chi connectivity index (χ4n) is 2.85. The molecule has 0 amide bonds. The Labute approximate surface area is 154 Å². The van der Waals surface area contributed by atoms with Crippen LogP contribution in [0.5, 0.6) is 0 Å². The third-order valence-electron chi connectivity index (χ3n) is 4.30. The van der Waals surface area contributed by atoms with E-state index in [4.69, 9.17) is 11.5 Å². The Morgan fingerprint density at radius 2 is 2.04 bits per heavy atom. The van der Waals surface area contributed by atoms with Gasteiger partial charge in [-0.1, -0.05) is 11.3 Å². The van der Waals surface area contributed by atoms with Crippen LogP contribution in [-0.4, -0.2) is 38.0 Å². The van der Waals surface area contributed by atoms with Gasteiger partial charge in [0.2, 0.25) is 0 Å². The lowest BCUT2D eigenvalue weighted by atomic mass is 10.1. The molecule has 7 nitrogen and oxygen atoms in total. The quantitative estimate of drug-likeness (QED) is 0.499. The summed E-state index contributed by atoms with van der Waals surface area (Å²) in [7, 11) is 0. The molecule has 4 rings (SSSR count). The zero-order valence-corrected chi connectivity index (χ0v) is 15.1. The first-order valence-electron chi connectivity index (χ1n) is 8.34. The molecule has 1 aromatic carbocycles. The molecule has 3 heterocycles. The highest BCUT2D eigenvalue weighted by atomic mass is 32.1. The Bertz CT molecular complexity index is 1050. The van der Waals surface area contributed by atoms with Gasteiger partial charge in [-0.15, -0.1) is 10.2 Å². The molecule has 5 N–H and O–H groups in total. The summed E-state index contributed by atoms with van der Waals surface area (Å²) in [5, 5.41) is 18.8. The first kappa shape index (κ1) is 16.8. The SMILES string of the molecule is Cc1[nH]nc2ccc(-c3nnc(-c4cccnc4C[C@H](N)CN)s3)cc12. The molecule has 0 bridgehead atoms. The summed E-state index contributed by atoms with van der Waals surface area (Å²) in [5.74, 6) is 0. The van der Waals surface area contributed by atoms with Crippen LogP contribution in [0.25, 0.3) is 32.0 Å². The maximum absolute atomic E-state index is 6.00. The molecule has 3 aromatic heterocycles. The van der Waals surface area contributed by atoms with Crippen molar-refractivity contribution in [3.8, 4) is 21.1 Å². The second kappa shape index (κ2) is 6.91. The van der Waals surface area contributed by atoms with Gasteiger partial charge in [0.25, 0.3) is 0 Å². The third kappa shape index (κ3) is 3.10. The van der Waals surface area contributed by atoms with Crippen molar-refractivity contribution in [3.63, 3.8) is 0 Å². The summed E-state index contributed by atoms with van der Waals surface area (Å²) >= 11 is 1.54. The van der Waals surface area contributed by atoms with Gasteiger partial charge in [0, 0.05) is 47.4 Å². The van der Waals surface area contributed by atoms with E-state index in [1.165, 1.54) is 0 Å². The maximum Gasteiger partial charge on any atom is 0.149 e. The standard InChI is InChI=1S/C18H19N7S/c1-10-14-7-11(4-5-15(14)23-22-10)17-24-25-18(26-17)13-3-2-6-21-16(13)8-12(20)9-19/h2-7,12H,8-9,19-20H2,1H3,(H,22,23)/t12-/m0/s1. The molecule has 26 heavy (non-hydrogen) atoms. The number of nitrogens with zero attached hydrogens (tertiary/aromatic N) is 4. The second-order valence-electron chi connectivity index (χ2n) is 6.19. The number of aromatic nitrogens is 5. The van der Waals surface area contributed by atoms with E-state index in [9.17, 15) is 0 Å². The van der Waals surface area contributed by atoms with E-state index in [2.05, 4.69) is 31.4 Å². The summed E-state index contributed by atoms with van der Waals surface area (Å²) in [4.78, 5) is 4.46. The molecule has 4 aromatic rings. The van der Waals surface area contributed by atoms with Crippen LogP contribution < -0.4 is 11.5 Å². The smallest absolute Gasteiger partial charge is 0.149 e. The minimum Gasteiger partial charge on any atom is -0.329 e. The topological polar surface area (TPSA) is 119 Å². The van der Waals surface area contributed by atoms with Gasteiger partial charge in [0.05, 0.1) is 11.2 Å². The number of rotatable bonds is 5. The Morgan fingerprint density at radius 3 is 2.88 bits per heavy atom. The van der Waals surface area contributed by atoms with E-state index < -0.39 is 0 Å². The summed E-state index contributed by atoms with van der Waals surface area (Å²) in [6, 6.07) is 9.87. The minimum atomic E-state index is -0.123. The van der Waals surface area contributed by atoms with Crippen LogP contribution in [0.3, 0.4) is 0 Å². The van der Waals surface area contributed by atoms with Crippen LogP contribution in [0.1, 0.15) is 11.4 Å². The Kier molecular flexibility index (Phi) is 4.46. The number of H-pyrrole nitrogens is 1. The van der Waals surface area contributed by atoms with E-state index >= 15 is 0 Å². The van der Waals surface area contributed by atoms with E-state index in [-0.39, 0.29) is 6.04 Å². The lowest BCUT2D eigenvalue weighted by Crippen LogP contribution is -2.32. The number of hydrogen-bond acceptors (Lipinski definition) is 7. The van der Waals surface area contributed by atoms with Crippen LogP contribution in [0.4, 0.5) is 0 Å². The first-order valence-corrected chi connectivity index (χ1v) is 9.16. The van der Waals surface area contributed by atoms with Crippen LogP contribution in [0.2, 0.25) is 0 Å². The van der Waals surface area contributed by atoms with Crippen molar-refractivity contribution in [1.29, 1.82) is 0 Å². The molecule has 0 radical (unpaired) electrons. The molecule has 8 heteroatoms. The number of aryl methyl sites for hydroxylation is 1. The van der Waals surface area contributed by atoms with Gasteiger partial charge in [0.15, 0.2) is 0 Å². The van der Waals surface area contributed by atoms with Crippen molar-refractivity contribution in [2.24, 2.45) is 11.5 Å². The number of benzene rings is 1. The number of nitrogens with one attached hydrogen (secondary N) is 1. The number of nitrogens with two attached hydrogens (primary N) is 2. The highest BCUT2D eigenvalue weighted by Crippen LogP contribution is 2.33. The zero-order chi connectivity index (χ0) is 18.1. The Balaban J connectivity index is 1.71. The molecular formula is C18H19N7S. The molecular weight excluding hydrogens is 346 g/mol. The van der Waals surface area contributed by atoms with Gasteiger partial charge in [-0.05, 0) is 37.3 Å². The van der Waals surface area contributed by atoms with Crippen molar-refractivity contribution in [3.05, 3.63) is 47.9 Å². The molecule has 132 valence electrons. The van der Waals surface area contributed by atoms with Crippen molar-refractivity contribution in [2.75, 3.05) is 6.54 Å². The average molecular weight is 365 g/mol. The summed E-state index contributed by atoms with van der Waals surface area (Å²) in [5.41, 5.74) is 16.5. The number of aromatic amines is 1. The number of pyridine rings is 1. The lowest BCUT2D eigenvalue weighted by Gasteiger charge is -2.10. The van der Waals surface area contributed by atoms with Gasteiger partial charge in [0.1, 0.15) is 10.0 Å². The van der Waals surface area contributed by atoms with E-state index in [0.29, 0.717) is 13.0 Å².